The van der Waals surface area contributed by atoms with Gasteiger partial charge in [-0.05, 0) is 97.7 Å². The van der Waals surface area contributed by atoms with Gasteiger partial charge >= 0.3 is 0 Å². The molecule has 0 bridgehead atoms. The Kier molecular flexibility index (Phi) is 14.0. The average Bonchev–Trinajstić information content (AvgIpc) is 3.88. The minimum Gasteiger partial charge on any atom is -0.333 e. The van der Waals surface area contributed by atoms with Gasteiger partial charge in [0.25, 0.3) is 0 Å². The first-order valence-electron chi connectivity index (χ1n) is 23.0. The number of fused-ring (bicyclic) bond motifs is 4. The van der Waals surface area contributed by atoms with E-state index in [2.05, 4.69) is 192 Å². The van der Waals surface area contributed by atoms with E-state index < -0.39 is 8.07 Å². The molecule has 0 unspecified atom stereocenters. The first-order chi connectivity index (χ1) is 30.5. The van der Waals surface area contributed by atoms with E-state index in [1.54, 1.807) is 10.8 Å². The van der Waals surface area contributed by atoms with E-state index in [-0.39, 0.29) is 20.1 Å². The third-order valence-corrected chi connectivity index (χ3v) is 16.2. The van der Waals surface area contributed by atoms with Gasteiger partial charge in [-0.25, -0.2) is 0 Å². The van der Waals surface area contributed by atoms with E-state index in [1.807, 2.05) is 23.5 Å². The Bertz CT molecular complexity index is 2980. The molecule has 6 aromatic carbocycles. The Morgan fingerprint density at radius 1 is 0.703 bits per heavy atom. The molecule has 64 heavy (non-hydrogen) atoms. The number of thiophene rings is 1. The Morgan fingerprint density at radius 2 is 1.39 bits per heavy atom. The van der Waals surface area contributed by atoms with Gasteiger partial charge in [0.15, 0.2) is 0 Å². The molecule has 6 heteroatoms. The van der Waals surface area contributed by atoms with Gasteiger partial charge < -0.3 is 9.55 Å². The molecule has 9 aromatic rings. The van der Waals surface area contributed by atoms with Crippen molar-refractivity contribution in [3.8, 4) is 39.5 Å². The minimum absolute atomic E-state index is 0. The summed E-state index contributed by atoms with van der Waals surface area (Å²) in [7, 11) is -1.36. The summed E-state index contributed by atoms with van der Waals surface area (Å²) in [6.45, 7) is 16.5. The van der Waals surface area contributed by atoms with Crippen LogP contribution >= 0.6 is 11.3 Å². The van der Waals surface area contributed by atoms with Gasteiger partial charge in [-0.15, -0.1) is 54.1 Å². The van der Waals surface area contributed by atoms with Crippen molar-refractivity contribution >= 4 is 55.8 Å². The van der Waals surface area contributed by atoms with E-state index in [0.717, 1.165) is 39.6 Å². The van der Waals surface area contributed by atoms with E-state index in [1.165, 1.54) is 86.6 Å². The molecular weight excluding hydrogens is 991 g/mol. The molecule has 1 radical (unpaired) electrons. The van der Waals surface area contributed by atoms with Crippen molar-refractivity contribution < 1.29 is 20.1 Å². The maximum Gasteiger partial charge on any atom is 0.0798 e. The van der Waals surface area contributed by atoms with Crippen molar-refractivity contribution in [2.24, 2.45) is 5.92 Å². The molecule has 0 saturated heterocycles. The van der Waals surface area contributed by atoms with E-state index in [4.69, 9.17) is 9.97 Å². The summed E-state index contributed by atoms with van der Waals surface area (Å²) < 4.78 is 4.95. The van der Waals surface area contributed by atoms with Crippen LogP contribution in [0.1, 0.15) is 88.3 Å². The Hall–Kier alpha value is -4.97. The van der Waals surface area contributed by atoms with Crippen molar-refractivity contribution in [2.75, 3.05) is 0 Å². The maximum atomic E-state index is 5.30. The van der Waals surface area contributed by atoms with Gasteiger partial charge in [-0.3, -0.25) is 4.98 Å². The number of rotatable bonds is 9. The summed E-state index contributed by atoms with van der Waals surface area (Å²) in [6, 6.07) is 54.5. The maximum absolute atomic E-state index is 5.30. The zero-order valence-electron chi connectivity index (χ0n) is 38.3. The fourth-order valence-corrected chi connectivity index (χ4v) is 12.4. The van der Waals surface area contributed by atoms with Crippen LogP contribution in [0.3, 0.4) is 0 Å². The second-order valence-electron chi connectivity index (χ2n) is 19.1. The van der Waals surface area contributed by atoms with Crippen LogP contribution in [0.4, 0.5) is 0 Å². The topological polar surface area (TPSA) is 30.7 Å². The Morgan fingerprint density at radius 3 is 2.09 bits per heavy atom. The van der Waals surface area contributed by atoms with Gasteiger partial charge in [0.05, 0.1) is 24.9 Å². The smallest absolute Gasteiger partial charge is 0.0798 e. The summed E-state index contributed by atoms with van der Waals surface area (Å²) in [4.78, 5) is 10.1. The van der Waals surface area contributed by atoms with Crippen LogP contribution in [-0.2, 0) is 26.5 Å². The molecule has 3 nitrogen and oxygen atoms in total. The Labute approximate surface area is 399 Å². The van der Waals surface area contributed by atoms with Crippen LogP contribution in [0, 0.1) is 18.1 Å². The largest absolute Gasteiger partial charge is 0.333 e. The number of benzene rings is 6. The standard InChI is InChI=1S/C37H31N2S.C21H28NSi.Ir/c1-23(2)30-21-26(25-13-6-5-7-14-25)22-31(24(3)4)35(30)39-33-19-10-9-18-32(33)38-37(39)29-17-12-16-28-27-15-8-11-20-34(27)40-36(28)29;1-23(2,3)21-16-22-20(18-12-8-5-9-13-18)15-19(21)14-17-10-6-4-7-11-17;/h5-16,18-24H,1-4H3;5,8-9,12,15-17H,4,6-7,10-11,14H2,1-3H3;/q2*-1;. The van der Waals surface area contributed by atoms with Crippen LogP contribution < -0.4 is 5.19 Å². The fourth-order valence-electron chi connectivity index (χ4n) is 9.64. The number of imidazole rings is 1. The minimum atomic E-state index is -1.36. The molecule has 1 aliphatic carbocycles. The number of hydrogen-bond donors (Lipinski definition) is 0. The molecule has 0 atom stereocenters. The zero-order chi connectivity index (χ0) is 43.7. The molecule has 1 saturated carbocycles. The quantitative estimate of drug-likeness (QED) is 0.107. The zero-order valence-corrected chi connectivity index (χ0v) is 42.5. The molecular formula is C58H59IrN3SSi-2. The molecule has 3 aromatic heterocycles. The third kappa shape index (κ3) is 9.40. The van der Waals surface area contributed by atoms with E-state index >= 15 is 0 Å². The molecule has 0 amide bonds. The van der Waals surface area contributed by atoms with Crippen LogP contribution in [0.15, 0.2) is 140 Å². The summed E-state index contributed by atoms with van der Waals surface area (Å²) in [5, 5.41) is 4.10. The molecule has 327 valence electrons. The summed E-state index contributed by atoms with van der Waals surface area (Å²) in [5.41, 5.74) is 13.4. The number of hydrogen-bond acceptors (Lipinski definition) is 3. The molecule has 0 spiro atoms. The molecule has 3 heterocycles. The van der Waals surface area contributed by atoms with Crippen molar-refractivity contribution in [2.45, 2.75) is 97.7 Å². The van der Waals surface area contributed by atoms with Crippen molar-refractivity contribution in [1.29, 1.82) is 0 Å². The number of para-hydroxylation sites is 2. The van der Waals surface area contributed by atoms with Crippen LogP contribution in [0.5, 0.6) is 0 Å². The summed E-state index contributed by atoms with van der Waals surface area (Å²) in [6.07, 6.45) is 10.5. The second kappa shape index (κ2) is 19.6. The first kappa shape index (κ1) is 45.6. The predicted molar refractivity (Wildman–Crippen MR) is 274 cm³/mol. The SMILES string of the molecule is CC(C)c1cc(-c2ccccc2)cc(C(C)C)c1-n1c(-c2[c-]ccc3c2sc2ccccc23)nc2ccccc21.C[Si](C)(C)c1cnc(-c2[c-]cccc2)cc1CC1CCCCC1.[Ir]. The third-order valence-electron chi connectivity index (χ3n) is 12.9. The van der Waals surface area contributed by atoms with Gasteiger partial charge in [0, 0.05) is 36.7 Å². The van der Waals surface area contributed by atoms with E-state index in [9.17, 15) is 0 Å². The van der Waals surface area contributed by atoms with E-state index in [0.29, 0.717) is 11.8 Å². The fraction of sp³-hybridized carbons (Fsp3) is 0.276. The summed E-state index contributed by atoms with van der Waals surface area (Å²) >= 11 is 1.83. The average molecular weight is 1050 g/mol. The molecule has 10 rings (SSSR count). The molecule has 0 aliphatic heterocycles. The summed E-state index contributed by atoms with van der Waals surface area (Å²) in [5.74, 6) is 2.48. The van der Waals surface area contributed by atoms with Gasteiger partial charge in [-0.1, -0.05) is 163 Å². The van der Waals surface area contributed by atoms with Gasteiger partial charge in [0.1, 0.15) is 0 Å². The second-order valence-corrected chi connectivity index (χ2v) is 25.2. The normalized spacial score (nSPS) is 13.4. The molecule has 0 N–H and O–H groups in total. The van der Waals surface area contributed by atoms with Crippen LogP contribution in [0.2, 0.25) is 19.6 Å². The van der Waals surface area contributed by atoms with Crippen molar-refractivity contribution in [3.05, 3.63) is 168 Å². The molecule has 1 fully saturated rings. The first-order valence-corrected chi connectivity index (χ1v) is 27.4. The predicted octanol–water partition coefficient (Wildman–Crippen LogP) is 16.0. The van der Waals surface area contributed by atoms with Crippen molar-refractivity contribution in [1.82, 2.24) is 14.5 Å². The van der Waals surface area contributed by atoms with Gasteiger partial charge in [0.2, 0.25) is 0 Å². The van der Waals surface area contributed by atoms with Crippen LogP contribution in [0.25, 0.3) is 70.7 Å². The van der Waals surface area contributed by atoms with Gasteiger partial charge in [-0.2, -0.15) is 11.3 Å². The van der Waals surface area contributed by atoms with Crippen molar-refractivity contribution in [3.63, 3.8) is 0 Å². The number of aromatic nitrogens is 3. The van der Waals surface area contributed by atoms with Crippen LogP contribution in [-0.4, -0.2) is 22.6 Å². The number of nitrogens with zero attached hydrogens (tertiary/aromatic N) is 3. The Balaban J connectivity index is 0.000000199. The molecule has 1 aliphatic rings. The monoisotopic (exact) mass is 1050 g/mol. The number of pyridine rings is 1.